The van der Waals surface area contributed by atoms with Crippen LogP contribution in [0.4, 0.5) is 0 Å². The molecule has 17 heavy (non-hydrogen) atoms. The Morgan fingerprint density at radius 3 is 2.88 bits per heavy atom. The van der Waals surface area contributed by atoms with Crippen molar-refractivity contribution in [3.05, 3.63) is 23.9 Å². The van der Waals surface area contributed by atoms with Crippen LogP contribution in [0.3, 0.4) is 0 Å². The third-order valence-electron chi connectivity index (χ3n) is 1.64. The van der Waals surface area contributed by atoms with Crippen molar-refractivity contribution in [3.63, 3.8) is 0 Å². The van der Waals surface area contributed by atoms with Crippen molar-refractivity contribution in [2.75, 3.05) is 5.75 Å². The molecule has 4 nitrogen and oxygen atoms in total. The number of nitriles is 1. The summed E-state index contributed by atoms with van der Waals surface area (Å²) < 4.78 is 5.16. The lowest BCUT2D eigenvalue weighted by Gasteiger charge is -2.19. The molecule has 0 saturated heterocycles. The number of carbonyl (C=O) groups is 1. The number of hydrogen-bond acceptors (Lipinski definition) is 5. The molecule has 0 N–H and O–H groups in total. The Bertz CT molecular complexity index is 447. The third kappa shape index (κ3) is 4.87. The minimum Gasteiger partial charge on any atom is -0.459 e. The minimum atomic E-state index is -0.486. The first-order valence-corrected chi connectivity index (χ1v) is 6.11. The van der Waals surface area contributed by atoms with Crippen molar-refractivity contribution in [1.82, 2.24) is 4.98 Å². The predicted octanol–water partition coefficient (Wildman–Crippen LogP) is 2.39. The summed E-state index contributed by atoms with van der Waals surface area (Å²) in [4.78, 5) is 15.5. The Kier molecular flexibility index (Phi) is 4.53. The average Bonchev–Trinajstić information content (AvgIpc) is 2.24. The van der Waals surface area contributed by atoms with Gasteiger partial charge in [0, 0.05) is 6.20 Å². The fourth-order valence-electron chi connectivity index (χ4n) is 1.09. The number of rotatable bonds is 3. The van der Waals surface area contributed by atoms with E-state index in [2.05, 4.69) is 4.98 Å². The standard InChI is InChI=1S/C12H14N2O2S/c1-12(2,3)16-10(15)8-17-11-9(7-13)5-4-6-14-11/h4-6H,8H2,1-3H3. The van der Waals surface area contributed by atoms with Crippen LogP contribution in [0.2, 0.25) is 0 Å². The van der Waals surface area contributed by atoms with Gasteiger partial charge in [-0.1, -0.05) is 11.8 Å². The van der Waals surface area contributed by atoms with Gasteiger partial charge in [-0.15, -0.1) is 0 Å². The molecule has 0 spiro atoms. The topological polar surface area (TPSA) is 63.0 Å². The van der Waals surface area contributed by atoms with Crippen LogP contribution < -0.4 is 0 Å². The molecule has 0 aliphatic carbocycles. The SMILES string of the molecule is CC(C)(C)OC(=O)CSc1ncccc1C#N. The molecule has 90 valence electrons. The molecule has 0 unspecified atom stereocenters. The van der Waals surface area contributed by atoms with Gasteiger partial charge in [-0.3, -0.25) is 4.79 Å². The van der Waals surface area contributed by atoms with Gasteiger partial charge in [0.2, 0.25) is 0 Å². The second kappa shape index (κ2) is 5.69. The Balaban J connectivity index is 2.57. The first-order chi connectivity index (χ1) is 7.92. The molecular weight excluding hydrogens is 236 g/mol. The van der Waals surface area contributed by atoms with E-state index in [4.69, 9.17) is 10.00 Å². The zero-order chi connectivity index (χ0) is 12.9. The molecule has 0 aromatic carbocycles. The Labute approximate surface area is 105 Å². The fourth-order valence-corrected chi connectivity index (χ4v) is 1.81. The van der Waals surface area contributed by atoms with E-state index in [0.717, 1.165) is 0 Å². The summed E-state index contributed by atoms with van der Waals surface area (Å²) in [5, 5.41) is 9.41. The highest BCUT2D eigenvalue weighted by molar-refractivity contribution is 7.99. The molecule has 1 heterocycles. The van der Waals surface area contributed by atoms with Crippen LogP contribution in [-0.2, 0) is 9.53 Å². The number of esters is 1. The van der Waals surface area contributed by atoms with Crippen molar-refractivity contribution in [3.8, 4) is 6.07 Å². The highest BCUT2D eigenvalue weighted by Crippen LogP contribution is 2.20. The van der Waals surface area contributed by atoms with Crippen molar-refractivity contribution in [2.24, 2.45) is 0 Å². The molecule has 0 atom stereocenters. The van der Waals surface area contributed by atoms with Gasteiger partial charge in [-0.05, 0) is 32.9 Å². The number of carbonyl (C=O) groups excluding carboxylic acids is 1. The van der Waals surface area contributed by atoms with Gasteiger partial charge in [-0.25, -0.2) is 4.98 Å². The molecule has 5 heteroatoms. The summed E-state index contributed by atoms with van der Waals surface area (Å²) in [6.07, 6.45) is 1.60. The zero-order valence-corrected chi connectivity index (χ0v) is 10.9. The second-order valence-corrected chi connectivity index (χ2v) is 5.31. The lowest BCUT2D eigenvalue weighted by molar-refractivity contribution is -0.151. The Morgan fingerprint density at radius 2 is 2.29 bits per heavy atom. The quantitative estimate of drug-likeness (QED) is 0.609. The van der Waals surface area contributed by atoms with Gasteiger partial charge < -0.3 is 4.74 Å². The van der Waals surface area contributed by atoms with Crippen molar-refractivity contribution >= 4 is 17.7 Å². The fraction of sp³-hybridized carbons (Fsp3) is 0.417. The van der Waals surface area contributed by atoms with Crippen LogP contribution in [0.1, 0.15) is 26.3 Å². The van der Waals surface area contributed by atoms with Crippen LogP contribution in [0.5, 0.6) is 0 Å². The summed E-state index contributed by atoms with van der Waals surface area (Å²) in [5.41, 5.74) is -0.0131. The largest absolute Gasteiger partial charge is 0.459 e. The van der Waals surface area contributed by atoms with Crippen molar-refractivity contribution in [2.45, 2.75) is 31.4 Å². The van der Waals surface area contributed by atoms with Gasteiger partial charge in [0.05, 0.1) is 11.3 Å². The van der Waals surface area contributed by atoms with E-state index < -0.39 is 5.60 Å². The number of pyridine rings is 1. The van der Waals surface area contributed by atoms with Crippen LogP contribution in [0.15, 0.2) is 23.4 Å². The van der Waals surface area contributed by atoms with E-state index in [0.29, 0.717) is 10.6 Å². The first-order valence-electron chi connectivity index (χ1n) is 5.12. The number of thioether (sulfide) groups is 1. The predicted molar refractivity (Wildman–Crippen MR) is 65.5 cm³/mol. The van der Waals surface area contributed by atoms with E-state index in [-0.39, 0.29) is 11.7 Å². The normalized spacial score (nSPS) is 10.7. The molecule has 0 bridgehead atoms. The van der Waals surface area contributed by atoms with Gasteiger partial charge in [-0.2, -0.15) is 5.26 Å². The molecule has 0 fully saturated rings. The molecule has 1 aromatic heterocycles. The van der Waals surface area contributed by atoms with Gasteiger partial charge in [0.25, 0.3) is 0 Å². The minimum absolute atomic E-state index is 0.156. The van der Waals surface area contributed by atoms with Crippen LogP contribution in [0.25, 0.3) is 0 Å². The molecule has 0 aliphatic rings. The maximum Gasteiger partial charge on any atom is 0.316 e. The third-order valence-corrected chi connectivity index (χ3v) is 2.62. The lowest BCUT2D eigenvalue weighted by atomic mass is 10.2. The van der Waals surface area contributed by atoms with Gasteiger partial charge >= 0.3 is 5.97 Å². The summed E-state index contributed by atoms with van der Waals surface area (Å²) in [6, 6.07) is 5.39. The van der Waals surface area contributed by atoms with Crippen molar-refractivity contribution in [1.29, 1.82) is 5.26 Å². The summed E-state index contributed by atoms with van der Waals surface area (Å²) in [6.45, 7) is 5.45. The van der Waals surface area contributed by atoms with E-state index in [1.807, 2.05) is 26.8 Å². The van der Waals surface area contributed by atoms with Crippen molar-refractivity contribution < 1.29 is 9.53 Å². The highest BCUT2D eigenvalue weighted by Gasteiger charge is 2.17. The zero-order valence-electron chi connectivity index (χ0n) is 10.1. The van der Waals surface area contributed by atoms with Gasteiger partial charge in [0.15, 0.2) is 0 Å². The number of aromatic nitrogens is 1. The number of nitrogens with zero attached hydrogens (tertiary/aromatic N) is 2. The first kappa shape index (κ1) is 13.5. The smallest absolute Gasteiger partial charge is 0.316 e. The molecule has 0 aliphatic heterocycles. The van der Waals surface area contributed by atoms with Crippen LogP contribution in [-0.4, -0.2) is 22.3 Å². The lowest BCUT2D eigenvalue weighted by Crippen LogP contribution is -2.24. The number of ether oxygens (including phenoxy) is 1. The molecule has 0 amide bonds. The van der Waals surface area contributed by atoms with E-state index in [9.17, 15) is 4.79 Å². The monoisotopic (exact) mass is 250 g/mol. The van der Waals surface area contributed by atoms with E-state index in [1.165, 1.54) is 11.8 Å². The Hall–Kier alpha value is -1.54. The van der Waals surface area contributed by atoms with Crippen LogP contribution in [0, 0.1) is 11.3 Å². The molecule has 0 saturated carbocycles. The maximum absolute atomic E-state index is 11.5. The number of hydrogen-bond donors (Lipinski definition) is 0. The molecular formula is C12H14N2O2S. The Morgan fingerprint density at radius 1 is 1.59 bits per heavy atom. The molecule has 1 rings (SSSR count). The maximum atomic E-state index is 11.5. The second-order valence-electron chi connectivity index (χ2n) is 4.34. The van der Waals surface area contributed by atoms with Crippen LogP contribution >= 0.6 is 11.8 Å². The highest BCUT2D eigenvalue weighted by atomic mass is 32.2. The molecule has 0 radical (unpaired) electrons. The summed E-state index contributed by atoms with van der Waals surface area (Å²) >= 11 is 1.21. The average molecular weight is 250 g/mol. The molecule has 1 aromatic rings. The summed E-state index contributed by atoms with van der Waals surface area (Å²) in [7, 11) is 0. The van der Waals surface area contributed by atoms with E-state index >= 15 is 0 Å². The van der Waals surface area contributed by atoms with E-state index in [1.54, 1.807) is 18.3 Å². The van der Waals surface area contributed by atoms with Gasteiger partial charge in [0.1, 0.15) is 16.7 Å². The summed E-state index contributed by atoms with van der Waals surface area (Å²) in [5.74, 6) is -0.153.